The summed E-state index contributed by atoms with van der Waals surface area (Å²) in [5.41, 5.74) is 0.950. The van der Waals surface area contributed by atoms with Crippen molar-refractivity contribution in [3.05, 3.63) is 35.6 Å². The highest BCUT2D eigenvalue weighted by atomic mass is 32.2. The van der Waals surface area contributed by atoms with Crippen molar-refractivity contribution in [1.29, 1.82) is 0 Å². The number of hydrogen-bond acceptors (Lipinski definition) is 2. The first kappa shape index (κ1) is 11.9. The van der Waals surface area contributed by atoms with E-state index in [9.17, 15) is 8.94 Å². The van der Waals surface area contributed by atoms with Crippen LogP contribution in [0.4, 0.5) is 4.39 Å². The first-order valence-corrected chi connectivity index (χ1v) is 7.03. The summed E-state index contributed by atoms with van der Waals surface area (Å²) in [4.78, 5) is 0. The molecular formula is C12H16FNOS. The SMILES string of the molecule is [O-][S+](Cc1ccc(F)cc1)C[C@@H]1CCNC1. The molecule has 16 heavy (non-hydrogen) atoms. The molecule has 1 aromatic carbocycles. The molecule has 0 spiro atoms. The van der Waals surface area contributed by atoms with Crippen LogP contribution in [0.5, 0.6) is 0 Å². The monoisotopic (exact) mass is 241 g/mol. The van der Waals surface area contributed by atoms with E-state index >= 15 is 0 Å². The van der Waals surface area contributed by atoms with Gasteiger partial charge < -0.3 is 9.87 Å². The Hall–Kier alpha value is -0.580. The van der Waals surface area contributed by atoms with Crippen molar-refractivity contribution in [1.82, 2.24) is 5.32 Å². The van der Waals surface area contributed by atoms with Gasteiger partial charge in [-0.05, 0) is 36.3 Å². The van der Waals surface area contributed by atoms with Gasteiger partial charge in [-0.1, -0.05) is 12.1 Å². The third-order valence-electron chi connectivity index (χ3n) is 2.82. The third kappa shape index (κ3) is 3.47. The Morgan fingerprint density at radius 2 is 2.12 bits per heavy atom. The highest BCUT2D eigenvalue weighted by Crippen LogP contribution is 2.15. The summed E-state index contributed by atoms with van der Waals surface area (Å²) in [7, 11) is 0. The van der Waals surface area contributed by atoms with Crippen LogP contribution in [0.25, 0.3) is 0 Å². The Bertz CT molecular complexity index is 324. The predicted octanol–water partition coefficient (Wildman–Crippen LogP) is 1.68. The van der Waals surface area contributed by atoms with Crippen LogP contribution in [0.1, 0.15) is 12.0 Å². The van der Waals surface area contributed by atoms with Crippen LogP contribution in [0.2, 0.25) is 0 Å². The standard InChI is InChI=1S/C12H16FNOS/c13-12-3-1-10(2-4-12)8-16(15)9-11-5-6-14-7-11/h1-4,11,14H,5-9H2/t11-,16?/m1/s1. The fourth-order valence-electron chi connectivity index (χ4n) is 1.95. The number of halogens is 1. The highest BCUT2D eigenvalue weighted by molar-refractivity contribution is 7.90. The van der Waals surface area contributed by atoms with Crippen LogP contribution in [0.15, 0.2) is 24.3 Å². The summed E-state index contributed by atoms with van der Waals surface area (Å²) >= 11 is -0.830. The molecule has 2 atom stereocenters. The lowest BCUT2D eigenvalue weighted by Crippen LogP contribution is -2.20. The molecule has 1 fully saturated rings. The molecule has 88 valence electrons. The maximum atomic E-state index is 12.7. The molecule has 1 heterocycles. The summed E-state index contributed by atoms with van der Waals surface area (Å²) in [5, 5.41) is 3.26. The minimum absolute atomic E-state index is 0.241. The second-order valence-electron chi connectivity index (χ2n) is 4.24. The van der Waals surface area contributed by atoms with Crippen molar-refractivity contribution in [3.63, 3.8) is 0 Å². The molecule has 1 aromatic rings. The largest absolute Gasteiger partial charge is 0.616 e. The van der Waals surface area contributed by atoms with Gasteiger partial charge in [-0.25, -0.2) is 4.39 Å². The van der Waals surface area contributed by atoms with Gasteiger partial charge in [-0.15, -0.1) is 0 Å². The Morgan fingerprint density at radius 1 is 1.38 bits per heavy atom. The molecule has 0 aromatic heterocycles. The van der Waals surface area contributed by atoms with Gasteiger partial charge in [0.2, 0.25) is 0 Å². The fourth-order valence-corrected chi connectivity index (χ4v) is 3.44. The second-order valence-corrected chi connectivity index (χ2v) is 5.74. The molecule has 1 aliphatic heterocycles. The van der Waals surface area contributed by atoms with Crippen molar-refractivity contribution in [2.75, 3.05) is 18.8 Å². The van der Waals surface area contributed by atoms with Crippen LogP contribution in [0.3, 0.4) is 0 Å². The van der Waals surface area contributed by atoms with E-state index in [2.05, 4.69) is 5.32 Å². The lowest BCUT2D eigenvalue weighted by atomic mass is 10.2. The Balaban J connectivity index is 1.81. The van der Waals surface area contributed by atoms with E-state index in [1.807, 2.05) is 0 Å². The maximum absolute atomic E-state index is 12.7. The summed E-state index contributed by atoms with van der Waals surface area (Å²) in [5.74, 6) is 1.59. The molecule has 1 N–H and O–H groups in total. The maximum Gasteiger partial charge on any atom is 0.130 e. The van der Waals surface area contributed by atoms with Crippen LogP contribution < -0.4 is 5.32 Å². The van der Waals surface area contributed by atoms with Crippen molar-refractivity contribution in [3.8, 4) is 0 Å². The van der Waals surface area contributed by atoms with Crippen LogP contribution in [0, 0.1) is 11.7 Å². The average Bonchev–Trinajstić information content (AvgIpc) is 2.74. The van der Waals surface area contributed by atoms with E-state index in [0.717, 1.165) is 30.8 Å². The van der Waals surface area contributed by atoms with Gasteiger partial charge in [0.1, 0.15) is 17.3 Å². The number of hydrogen-bond donors (Lipinski definition) is 1. The normalized spacial score (nSPS) is 22.2. The van der Waals surface area contributed by atoms with Gasteiger partial charge in [-0.3, -0.25) is 0 Å². The van der Waals surface area contributed by atoms with Crippen molar-refractivity contribution in [2.24, 2.45) is 5.92 Å². The van der Waals surface area contributed by atoms with Crippen LogP contribution >= 0.6 is 0 Å². The lowest BCUT2D eigenvalue weighted by molar-refractivity contribution is 0.568. The van der Waals surface area contributed by atoms with E-state index < -0.39 is 11.2 Å². The molecule has 1 aliphatic rings. The summed E-state index contributed by atoms with van der Waals surface area (Å²) < 4.78 is 24.5. The molecule has 1 saturated heterocycles. The van der Waals surface area contributed by atoms with E-state index in [4.69, 9.17) is 0 Å². The highest BCUT2D eigenvalue weighted by Gasteiger charge is 2.20. The topological polar surface area (TPSA) is 35.1 Å². The molecule has 0 amide bonds. The van der Waals surface area contributed by atoms with Crippen molar-refractivity contribution < 1.29 is 8.94 Å². The summed E-state index contributed by atoms with van der Waals surface area (Å²) in [6, 6.07) is 6.26. The molecule has 2 rings (SSSR count). The Morgan fingerprint density at radius 3 is 2.75 bits per heavy atom. The van der Waals surface area contributed by atoms with Crippen molar-refractivity contribution in [2.45, 2.75) is 12.2 Å². The molecule has 4 heteroatoms. The average molecular weight is 241 g/mol. The van der Waals surface area contributed by atoms with Gasteiger partial charge in [-0.2, -0.15) is 0 Å². The molecule has 0 saturated carbocycles. The zero-order chi connectivity index (χ0) is 11.4. The molecule has 2 nitrogen and oxygen atoms in total. The van der Waals surface area contributed by atoms with Gasteiger partial charge in [0.15, 0.2) is 0 Å². The molecule has 0 aliphatic carbocycles. The first-order valence-electron chi connectivity index (χ1n) is 5.54. The van der Waals surface area contributed by atoms with E-state index in [1.165, 1.54) is 12.1 Å². The van der Waals surface area contributed by atoms with E-state index in [-0.39, 0.29) is 5.82 Å². The second kappa shape index (κ2) is 5.66. The number of rotatable bonds is 4. The van der Waals surface area contributed by atoms with E-state index in [1.54, 1.807) is 12.1 Å². The smallest absolute Gasteiger partial charge is 0.130 e. The van der Waals surface area contributed by atoms with Crippen LogP contribution in [-0.2, 0) is 16.9 Å². The lowest BCUT2D eigenvalue weighted by Gasteiger charge is -2.14. The first-order chi connectivity index (χ1) is 7.74. The quantitative estimate of drug-likeness (QED) is 0.814. The zero-order valence-electron chi connectivity index (χ0n) is 9.12. The summed E-state index contributed by atoms with van der Waals surface area (Å²) in [6.45, 7) is 2.02. The van der Waals surface area contributed by atoms with E-state index in [0.29, 0.717) is 11.7 Å². The van der Waals surface area contributed by atoms with Gasteiger partial charge in [0.05, 0.1) is 0 Å². The predicted molar refractivity (Wildman–Crippen MR) is 64.1 cm³/mol. The molecule has 0 bridgehead atoms. The number of nitrogens with one attached hydrogen (secondary N) is 1. The van der Waals surface area contributed by atoms with Crippen molar-refractivity contribution >= 4 is 11.2 Å². The minimum Gasteiger partial charge on any atom is -0.616 e. The summed E-state index contributed by atoms with van der Waals surface area (Å²) in [6.07, 6.45) is 1.12. The van der Waals surface area contributed by atoms with Gasteiger partial charge >= 0.3 is 0 Å². The third-order valence-corrected chi connectivity index (χ3v) is 4.32. The Kier molecular flexibility index (Phi) is 4.21. The molecule has 0 radical (unpaired) electrons. The zero-order valence-corrected chi connectivity index (χ0v) is 9.93. The Labute approximate surface area is 98.4 Å². The fraction of sp³-hybridized carbons (Fsp3) is 0.500. The van der Waals surface area contributed by atoms with Gasteiger partial charge in [0.25, 0.3) is 0 Å². The van der Waals surface area contributed by atoms with Crippen LogP contribution in [-0.4, -0.2) is 23.4 Å². The minimum atomic E-state index is -0.830. The molecule has 1 unspecified atom stereocenters. The van der Waals surface area contributed by atoms with Gasteiger partial charge in [0, 0.05) is 18.0 Å². The number of benzene rings is 1. The molecular weight excluding hydrogens is 225 g/mol.